The van der Waals surface area contributed by atoms with E-state index in [4.69, 9.17) is 5.11 Å². The van der Waals surface area contributed by atoms with Crippen molar-refractivity contribution >= 4 is 12.0 Å². The van der Waals surface area contributed by atoms with E-state index in [-0.39, 0.29) is 18.6 Å². The topological polar surface area (TPSA) is 67.2 Å². The molecule has 0 spiro atoms. The average Bonchev–Trinajstić information content (AvgIpc) is 2.58. The zero-order chi connectivity index (χ0) is 13.7. The van der Waals surface area contributed by atoms with Crippen molar-refractivity contribution in [2.45, 2.75) is 33.2 Å². The van der Waals surface area contributed by atoms with E-state index in [2.05, 4.69) is 10.4 Å². The van der Waals surface area contributed by atoms with Crippen molar-refractivity contribution in [3.8, 4) is 0 Å². The second-order valence-electron chi connectivity index (χ2n) is 4.34. The number of aryl methyl sites for hydroxylation is 2. The molecule has 1 atom stereocenters. The number of nitrogens with zero attached hydrogens (tertiary/aromatic N) is 2. The second-order valence-corrected chi connectivity index (χ2v) is 4.34. The highest BCUT2D eigenvalue weighted by molar-refractivity contribution is 5.92. The third-order valence-electron chi connectivity index (χ3n) is 3.03. The highest BCUT2D eigenvalue weighted by atomic mass is 16.3. The fourth-order valence-corrected chi connectivity index (χ4v) is 1.72. The normalized spacial score (nSPS) is 12.9. The fourth-order valence-electron chi connectivity index (χ4n) is 1.72. The Labute approximate surface area is 108 Å². The summed E-state index contributed by atoms with van der Waals surface area (Å²) in [5.74, 6) is -0.196. The summed E-state index contributed by atoms with van der Waals surface area (Å²) >= 11 is 0. The van der Waals surface area contributed by atoms with Gasteiger partial charge in [0.05, 0.1) is 18.3 Å². The molecule has 0 saturated carbocycles. The molecular weight excluding hydrogens is 230 g/mol. The molecule has 0 saturated heterocycles. The average molecular weight is 251 g/mol. The lowest BCUT2D eigenvalue weighted by Crippen LogP contribution is -2.35. The highest BCUT2D eigenvalue weighted by Crippen LogP contribution is 2.13. The smallest absolute Gasteiger partial charge is 0.244 e. The quantitative estimate of drug-likeness (QED) is 0.765. The van der Waals surface area contributed by atoms with Gasteiger partial charge in [0.1, 0.15) is 0 Å². The van der Waals surface area contributed by atoms with Crippen LogP contribution in [0.5, 0.6) is 0 Å². The molecule has 1 amide bonds. The Morgan fingerprint density at radius 1 is 1.56 bits per heavy atom. The lowest BCUT2D eigenvalue weighted by atomic mass is 10.2. The molecule has 1 heterocycles. The molecule has 0 aliphatic heterocycles. The van der Waals surface area contributed by atoms with Gasteiger partial charge in [-0.25, -0.2) is 0 Å². The van der Waals surface area contributed by atoms with Crippen LogP contribution in [-0.4, -0.2) is 33.4 Å². The molecule has 0 unspecified atom stereocenters. The lowest BCUT2D eigenvalue weighted by molar-refractivity contribution is -0.117. The Kier molecular flexibility index (Phi) is 5.09. The first-order valence-electron chi connectivity index (χ1n) is 6.09. The van der Waals surface area contributed by atoms with Crippen molar-refractivity contribution in [3.05, 3.63) is 23.0 Å². The minimum Gasteiger partial charge on any atom is -0.394 e. The summed E-state index contributed by atoms with van der Waals surface area (Å²) < 4.78 is 1.79. The number of carbonyl (C=O) groups excluding carboxylic acids is 1. The van der Waals surface area contributed by atoms with Crippen molar-refractivity contribution in [2.75, 3.05) is 6.61 Å². The van der Waals surface area contributed by atoms with Crippen LogP contribution in [-0.2, 0) is 11.8 Å². The number of carbonyl (C=O) groups is 1. The van der Waals surface area contributed by atoms with Crippen molar-refractivity contribution in [2.24, 2.45) is 7.05 Å². The first kappa shape index (κ1) is 14.4. The summed E-state index contributed by atoms with van der Waals surface area (Å²) in [7, 11) is 1.87. The Bertz CT molecular complexity index is 445. The molecule has 0 bridgehead atoms. The molecule has 5 nitrogen and oxygen atoms in total. The van der Waals surface area contributed by atoms with E-state index < -0.39 is 0 Å². The van der Waals surface area contributed by atoms with Gasteiger partial charge < -0.3 is 10.4 Å². The molecule has 1 aromatic heterocycles. The first-order chi connectivity index (χ1) is 8.49. The Morgan fingerprint density at radius 3 is 2.67 bits per heavy atom. The molecule has 18 heavy (non-hydrogen) atoms. The second kappa shape index (κ2) is 6.35. The molecular formula is C13H21N3O2. The summed E-state index contributed by atoms with van der Waals surface area (Å²) in [5.41, 5.74) is 2.88. The minimum absolute atomic E-state index is 0.0406. The van der Waals surface area contributed by atoms with Gasteiger partial charge in [0, 0.05) is 24.4 Å². The third kappa shape index (κ3) is 3.43. The number of aliphatic hydroxyl groups excluding tert-OH is 1. The van der Waals surface area contributed by atoms with Gasteiger partial charge in [0.2, 0.25) is 5.91 Å². The van der Waals surface area contributed by atoms with E-state index in [0.717, 1.165) is 17.0 Å². The minimum atomic E-state index is -0.196. The third-order valence-corrected chi connectivity index (χ3v) is 3.03. The highest BCUT2D eigenvalue weighted by Gasteiger charge is 2.08. The Hall–Kier alpha value is -1.62. The maximum atomic E-state index is 11.6. The number of hydrogen-bond donors (Lipinski definition) is 2. The van der Waals surface area contributed by atoms with Gasteiger partial charge in [0.15, 0.2) is 0 Å². The zero-order valence-corrected chi connectivity index (χ0v) is 11.4. The number of rotatable bonds is 5. The molecule has 0 radical (unpaired) electrons. The molecule has 2 N–H and O–H groups in total. The van der Waals surface area contributed by atoms with Gasteiger partial charge in [-0.05, 0) is 26.3 Å². The predicted molar refractivity (Wildman–Crippen MR) is 71.0 cm³/mol. The predicted octanol–water partition coefficient (Wildman–Crippen LogP) is 0.937. The monoisotopic (exact) mass is 251 g/mol. The van der Waals surface area contributed by atoms with Crippen LogP contribution in [0.3, 0.4) is 0 Å². The number of aliphatic hydroxyl groups is 1. The van der Waals surface area contributed by atoms with Gasteiger partial charge >= 0.3 is 0 Å². The Balaban J connectivity index is 2.72. The van der Waals surface area contributed by atoms with Crippen molar-refractivity contribution in [3.63, 3.8) is 0 Å². The SMILES string of the molecule is CC[C@@H](CO)NC(=O)/C=C/c1c(C)nn(C)c1C. The Morgan fingerprint density at radius 2 is 2.22 bits per heavy atom. The van der Waals surface area contributed by atoms with Crippen LogP contribution in [0.1, 0.15) is 30.3 Å². The number of aromatic nitrogens is 2. The van der Waals surface area contributed by atoms with Crippen molar-refractivity contribution in [1.82, 2.24) is 15.1 Å². The molecule has 0 aliphatic carbocycles. The first-order valence-corrected chi connectivity index (χ1v) is 6.09. The number of amides is 1. The van der Waals surface area contributed by atoms with Gasteiger partial charge in [-0.1, -0.05) is 6.92 Å². The van der Waals surface area contributed by atoms with Crippen molar-refractivity contribution in [1.29, 1.82) is 0 Å². The lowest BCUT2D eigenvalue weighted by Gasteiger charge is -2.11. The van der Waals surface area contributed by atoms with E-state index >= 15 is 0 Å². The molecule has 1 aromatic rings. The van der Waals surface area contributed by atoms with Crippen LogP contribution in [0.4, 0.5) is 0 Å². The van der Waals surface area contributed by atoms with E-state index in [0.29, 0.717) is 6.42 Å². The summed E-state index contributed by atoms with van der Waals surface area (Å²) in [6.07, 6.45) is 3.95. The van der Waals surface area contributed by atoms with Gasteiger partial charge in [-0.2, -0.15) is 5.10 Å². The summed E-state index contributed by atoms with van der Waals surface area (Å²) in [6, 6.07) is -0.182. The summed E-state index contributed by atoms with van der Waals surface area (Å²) in [5, 5.41) is 16.0. The van der Waals surface area contributed by atoms with E-state index in [9.17, 15) is 4.79 Å². The summed E-state index contributed by atoms with van der Waals surface area (Å²) in [6.45, 7) is 5.74. The molecule has 0 aliphatic rings. The van der Waals surface area contributed by atoms with E-state index in [1.807, 2.05) is 27.8 Å². The fraction of sp³-hybridized carbons (Fsp3) is 0.538. The maximum absolute atomic E-state index is 11.6. The largest absolute Gasteiger partial charge is 0.394 e. The molecule has 5 heteroatoms. The van der Waals surface area contributed by atoms with Gasteiger partial charge in [0.25, 0.3) is 0 Å². The standard InChI is InChI=1S/C13H21N3O2/c1-5-11(8-17)14-13(18)7-6-12-9(2)15-16(4)10(12)3/h6-7,11,17H,5,8H2,1-4H3,(H,14,18)/b7-6+/t11-/m0/s1. The van der Waals surface area contributed by atoms with Crippen molar-refractivity contribution < 1.29 is 9.90 Å². The maximum Gasteiger partial charge on any atom is 0.244 e. The number of nitrogens with one attached hydrogen (secondary N) is 1. The van der Waals surface area contributed by atoms with Crippen LogP contribution in [0.15, 0.2) is 6.08 Å². The van der Waals surface area contributed by atoms with Crippen LogP contribution >= 0.6 is 0 Å². The summed E-state index contributed by atoms with van der Waals surface area (Å²) in [4.78, 5) is 11.6. The molecule has 0 fully saturated rings. The van der Waals surface area contributed by atoms with Gasteiger partial charge in [-0.3, -0.25) is 9.48 Å². The van der Waals surface area contributed by atoms with E-state index in [1.54, 1.807) is 10.8 Å². The van der Waals surface area contributed by atoms with E-state index in [1.165, 1.54) is 6.08 Å². The molecule has 100 valence electrons. The van der Waals surface area contributed by atoms with Gasteiger partial charge in [-0.15, -0.1) is 0 Å². The molecule has 1 rings (SSSR count). The van der Waals surface area contributed by atoms with Crippen LogP contribution in [0.2, 0.25) is 0 Å². The number of hydrogen-bond acceptors (Lipinski definition) is 3. The molecule has 0 aromatic carbocycles. The van der Waals surface area contributed by atoms with Crippen LogP contribution in [0.25, 0.3) is 6.08 Å². The van der Waals surface area contributed by atoms with Crippen LogP contribution in [0, 0.1) is 13.8 Å². The zero-order valence-electron chi connectivity index (χ0n) is 11.4. The van der Waals surface area contributed by atoms with Crippen LogP contribution < -0.4 is 5.32 Å².